The smallest absolute Gasteiger partial charge is 0.336 e. The summed E-state index contributed by atoms with van der Waals surface area (Å²) >= 11 is 10.3. The molecule has 1 atom stereocenters. The second-order valence-corrected chi connectivity index (χ2v) is 9.89. The maximum Gasteiger partial charge on any atom is 0.421 e. The Morgan fingerprint density at radius 2 is 2.00 bits per heavy atom. The normalized spacial score (nSPS) is 30.3. The first-order valence-corrected chi connectivity index (χ1v) is 7.79. The summed E-state index contributed by atoms with van der Waals surface area (Å²) in [7, 11) is -7.90. The molecule has 1 heterocycles. The quantitative estimate of drug-likeness (QED) is 0.606. The molecular weight excluding hydrogens is 249 g/mol. The molecule has 0 aliphatic carbocycles. The molecule has 0 radical (unpaired) electrons. The summed E-state index contributed by atoms with van der Waals surface area (Å²) in [6.07, 6.45) is -0.214. The summed E-state index contributed by atoms with van der Waals surface area (Å²) in [4.78, 5) is 9.06. The molecule has 1 rings (SSSR count). The van der Waals surface area contributed by atoms with Crippen molar-refractivity contribution < 1.29 is 23.1 Å². The van der Waals surface area contributed by atoms with Gasteiger partial charge < -0.3 is 4.89 Å². The van der Waals surface area contributed by atoms with Crippen molar-refractivity contribution in [2.45, 2.75) is 11.6 Å². The van der Waals surface area contributed by atoms with Gasteiger partial charge in [0.25, 0.3) is 0 Å². The van der Waals surface area contributed by atoms with Gasteiger partial charge in [0.1, 0.15) is 0 Å². The average Bonchev–Trinajstić information content (AvgIpc) is 1.83. The Morgan fingerprint density at radius 1 is 1.58 bits per heavy atom. The second kappa shape index (κ2) is 2.96. The Bertz CT molecular complexity index is 276. The van der Waals surface area contributed by atoms with Crippen LogP contribution in [0.3, 0.4) is 0 Å². The molecule has 1 N–H and O–H groups in total. The molecule has 1 aliphatic heterocycles. The molecule has 0 aromatic carbocycles. The number of rotatable bonds is 2. The number of hydrogen-bond donors (Lipinski definition) is 1. The SMILES string of the molecule is CCP(=O)(O)P1(=O)OC(Cl)(Cl)O1. The summed E-state index contributed by atoms with van der Waals surface area (Å²) in [6, 6.07) is 0. The van der Waals surface area contributed by atoms with E-state index in [-0.39, 0.29) is 6.16 Å². The zero-order valence-corrected chi connectivity index (χ0v) is 9.24. The van der Waals surface area contributed by atoms with Crippen molar-refractivity contribution in [1.29, 1.82) is 0 Å². The lowest BCUT2D eigenvalue weighted by Gasteiger charge is -2.38. The lowest BCUT2D eigenvalue weighted by atomic mass is 11.0. The second-order valence-electron chi connectivity index (χ2n) is 2.10. The zero-order chi connectivity index (χ0) is 9.62. The Morgan fingerprint density at radius 3 is 2.25 bits per heavy atom. The number of halogens is 2. The molecule has 9 heteroatoms. The topological polar surface area (TPSA) is 72.8 Å². The van der Waals surface area contributed by atoms with Gasteiger partial charge in [0, 0.05) is 6.16 Å². The van der Waals surface area contributed by atoms with Crippen molar-refractivity contribution in [2.24, 2.45) is 0 Å². The molecule has 0 amide bonds. The number of alkyl halides is 2. The van der Waals surface area contributed by atoms with Gasteiger partial charge in [0.15, 0.2) is 0 Å². The van der Waals surface area contributed by atoms with Crippen molar-refractivity contribution in [1.82, 2.24) is 0 Å². The van der Waals surface area contributed by atoms with E-state index in [1.807, 2.05) is 0 Å². The minimum atomic E-state index is -3.97. The van der Waals surface area contributed by atoms with Gasteiger partial charge in [-0.05, 0) is 23.2 Å². The fraction of sp³-hybridized carbons (Fsp3) is 1.00. The molecule has 12 heavy (non-hydrogen) atoms. The molecule has 1 fully saturated rings. The molecule has 0 aromatic heterocycles. The van der Waals surface area contributed by atoms with Crippen molar-refractivity contribution in [3.63, 3.8) is 0 Å². The van der Waals surface area contributed by atoms with E-state index < -0.39 is 19.0 Å². The molecule has 1 unspecified atom stereocenters. The van der Waals surface area contributed by atoms with E-state index in [2.05, 4.69) is 9.05 Å². The van der Waals surface area contributed by atoms with Crippen LogP contribution in [0.1, 0.15) is 6.92 Å². The zero-order valence-electron chi connectivity index (χ0n) is 5.94. The monoisotopic (exact) mass is 254 g/mol. The van der Waals surface area contributed by atoms with E-state index in [0.29, 0.717) is 0 Å². The Labute approximate surface area is 78.8 Å². The summed E-state index contributed by atoms with van der Waals surface area (Å²) in [6.45, 7) is 1.38. The Balaban J connectivity index is 2.81. The van der Waals surface area contributed by atoms with E-state index in [1.54, 1.807) is 0 Å². The average molecular weight is 255 g/mol. The molecular formula is C3H6Cl2O5P2. The van der Waals surface area contributed by atoms with E-state index >= 15 is 0 Å². The first kappa shape index (κ1) is 11.0. The fourth-order valence-corrected chi connectivity index (χ4v) is 5.89. The van der Waals surface area contributed by atoms with E-state index in [1.165, 1.54) is 6.92 Å². The number of hydrogen-bond acceptors (Lipinski definition) is 4. The lowest BCUT2D eigenvalue weighted by Crippen LogP contribution is -2.30. The van der Waals surface area contributed by atoms with Crippen molar-refractivity contribution >= 4 is 37.5 Å². The van der Waals surface area contributed by atoms with Gasteiger partial charge in [-0.15, -0.1) is 0 Å². The molecule has 1 saturated heterocycles. The first-order chi connectivity index (χ1) is 5.22. The van der Waals surface area contributed by atoms with E-state index in [0.717, 1.165) is 0 Å². The minimum absolute atomic E-state index is 0.214. The maximum absolute atomic E-state index is 11.2. The van der Waals surface area contributed by atoms with Crippen molar-refractivity contribution in [2.75, 3.05) is 6.16 Å². The molecule has 0 aromatic rings. The van der Waals surface area contributed by atoms with Gasteiger partial charge in [0.2, 0.25) is 0 Å². The van der Waals surface area contributed by atoms with Gasteiger partial charge in [-0.25, -0.2) is 13.6 Å². The lowest BCUT2D eigenvalue weighted by molar-refractivity contribution is -0.0574. The maximum atomic E-state index is 11.2. The third-order valence-corrected chi connectivity index (χ3v) is 8.18. The van der Waals surface area contributed by atoms with Crippen molar-refractivity contribution in [3.8, 4) is 0 Å². The molecule has 1 aliphatic rings. The van der Waals surface area contributed by atoms with Gasteiger partial charge >= 0.3 is 19.0 Å². The predicted octanol–water partition coefficient (Wildman–Crippen LogP) is 2.52. The standard InChI is InChI=1S/C3H6Cl2O5P2/c1-2-11(6,7)12(8)9-3(4,5)10-12/h2H2,1H3,(H,6,7). The Hall–Kier alpha value is 0.920. The van der Waals surface area contributed by atoms with Gasteiger partial charge in [-0.2, -0.15) is 0 Å². The highest BCUT2D eigenvalue weighted by Crippen LogP contribution is 2.88. The van der Waals surface area contributed by atoms with Crippen LogP contribution in [0.2, 0.25) is 0 Å². The summed E-state index contributed by atoms with van der Waals surface area (Å²) in [5.41, 5.74) is 0. The van der Waals surface area contributed by atoms with Crippen LogP contribution in [0.4, 0.5) is 0 Å². The van der Waals surface area contributed by atoms with Crippen LogP contribution in [0, 0.1) is 0 Å². The fourth-order valence-electron chi connectivity index (χ4n) is 0.576. The highest BCUT2D eigenvalue weighted by molar-refractivity contribution is 8.29. The van der Waals surface area contributed by atoms with Gasteiger partial charge in [-0.1, -0.05) is 6.92 Å². The van der Waals surface area contributed by atoms with Crippen LogP contribution in [-0.2, 0) is 18.2 Å². The van der Waals surface area contributed by atoms with Crippen LogP contribution in [0.15, 0.2) is 0 Å². The molecule has 72 valence electrons. The van der Waals surface area contributed by atoms with Crippen LogP contribution < -0.4 is 0 Å². The molecule has 0 bridgehead atoms. The summed E-state index contributed by atoms with van der Waals surface area (Å²) in [5.74, 6) is 0. The van der Waals surface area contributed by atoms with Gasteiger partial charge in [-0.3, -0.25) is 4.57 Å². The van der Waals surface area contributed by atoms with Crippen LogP contribution in [0.25, 0.3) is 0 Å². The van der Waals surface area contributed by atoms with E-state index in [9.17, 15) is 9.13 Å². The molecule has 5 nitrogen and oxygen atoms in total. The minimum Gasteiger partial charge on any atom is -0.336 e. The van der Waals surface area contributed by atoms with E-state index in [4.69, 9.17) is 28.1 Å². The van der Waals surface area contributed by atoms with Crippen LogP contribution in [0.5, 0.6) is 0 Å². The van der Waals surface area contributed by atoms with Crippen LogP contribution >= 0.6 is 37.5 Å². The Kier molecular flexibility index (Phi) is 2.71. The third-order valence-electron chi connectivity index (χ3n) is 1.24. The highest BCUT2D eigenvalue weighted by atomic mass is 35.5. The first-order valence-electron chi connectivity index (χ1n) is 2.94. The largest absolute Gasteiger partial charge is 0.421 e. The third kappa shape index (κ3) is 1.73. The van der Waals surface area contributed by atoms with Crippen LogP contribution in [-0.4, -0.2) is 15.8 Å². The molecule has 0 spiro atoms. The van der Waals surface area contributed by atoms with Gasteiger partial charge in [0.05, 0.1) is 0 Å². The summed E-state index contributed by atoms with van der Waals surface area (Å²) < 4.78 is 28.9. The molecule has 0 saturated carbocycles. The predicted molar refractivity (Wildman–Crippen MR) is 44.6 cm³/mol. The summed E-state index contributed by atoms with van der Waals surface area (Å²) in [5, 5.41) is 0. The highest BCUT2D eigenvalue weighted by Gasteiger charge is 2.63. The van der Waals surface area contributed by atoms with Crippen molar-refractivity contribution in [3.05, 3.63) is 0 Å².